The Morgan fingerprint density at radius 3 is 2.60 bits per heavy atom. The number of carbonyl (C=O) groups is 1. The van der Waals surface area contributed by atoms with Gasteiger partial charge >= 0.3 is 5.97 Å². The molecule has 1 aliphatic rings. The summed E-state index contributed by atoms with van der Waals surface area (Å²) in [6.07, 6.45) is 3.91. The Morgan fingerprint density at radius 1 is 1.40 bits per heavy atom. The van der Waals surface area contributed by atoms with Crippen molar-refractivity contribution in [3.63, 3.8) is 0 Å². The summed E-state index contributed by atoms with van der Waals surface area (Å²) in [6.45, 7) is 0. The highest BCUT2D eigenvalue weighted by Gasteiger charge is 2.25. The second-order valence-electron chi connectivity index (χ2n) is 5.28. The summed E-state index contributed by atoms with van der Waals surface area (Å²) in [4.78, 5) is 20.8. The highest BCUT2D eigenvalue weighted by Crippen LogP contribution is 2.33. The van der Waals surface area contributed by atoms with E-state index < -0.39 is 12.0 Å². The van der Waals surface area contributed by atoms with E-state index in [-0.39, 0.29) is 5.88 Å². The number of carboxylic acid groups (broad SMARTS) is 1. The third-order valence-electron chi connectivity index (χ3n) is 3.65. The molecule has 9 heteroatoms. The monoisotopic (exact) mass is 393 g/mol. The lowest BCUT2D eigenvalue weighted by Gasteiger charge is -2.14. The number of para-hydroxylation sites is 2. The smallest absolute Gasteiger partial charge is 0.326 e. The molecule has 0 saturated heterocycles. The summed E-state index contributed by atoms with van der Waals surface area (Å²) < 4.78 is 1.61. The third-order valence-corrected chi connectivity index (χ3v) is 5.63. The Morgan fingerprint density at radius 2 is 2.04 bits per heavy atom. The molecular formula is C16H15N3O3S3. The molecule has 1 aromatic heterocycles. The Bertz CT molecular complexity index is 986. The summed E-state index contributed by atoms with van der Waals surface area (Å²) in [5.41, 5.74) is 0. The number of aromatic hydroxyl groups is 1. The van der Waals surface area contributed by atoms with E-state index >= 15 is 0 Å². The standard InChI is InChI=1S/C16H15N3O3S3/c1-24-7-6-11(15(21)22)19-14(20)12(25-16(19)23)8-13-17-9-4-2-3-5-10(9)18-13/h2-5,8,11,20H,6-7H2,1H3,(H,21,22)/t11-/m1/s1. The maximum atomic E-state index is 11.6. The van der Waals surface area contributed by atoms with E-state index in [9.17, 15) is 15.0 Å². The SMILES string of the molecule is CSCC[C@H](C(=O)O)n1c(O)c(C=C2N=c3ccccc3=N2)sc1=S. The minimum Gasteiger partial charge on any atom is -0.493 e. The average molecular weight is 394 g/mol. The van der Waals surface area contributed by atoms with Crippen LogP contribution in [-0.4, -0.2) is 32.8 Å². The first-order valence-electron chi connectivity index (χ1n) is 7.41. The fourth-order valence-electron chi connectivity index (χ4n) is 2.46. The van der Waals surface area contributed by atoms with Crippen molar-refractivity contribution in [1.29, 1.82) is 0 Å². The van der Waals surface area contributed by atoms with Crippen molar-refractivity contribution in [2.24, 2.45) is 9.98 Å². The third kappa shape index (κ3) is 3.68. The van der Waals surface area contributed by atoms with Crippen molar-refractivity contribution in [1.82, 2.24) is 4.57 Å². The zero-order chi connectivity index (χ0) is 18.0. The van der Waals surface area contributed by atoms with Crippen LogP contribution in [0.25, 0.3) is 6.08 Å². The largest absolute Gasteiger partial charge is 0.493 e. The van der Waals surface area contributed by atoms with Gasteiger partial charge in [-0.25, -0.2) is 14.8 Å². The van der Waals surface area contributed by atoms with Gasteiger partial charge in [0.15, 0.2) is 9.78 Å². The number of hydrogen-bond donors (Lipinski definition) is 2. The van der Waals surface area contributed by atoms with E-state index in [2.05, 4.69) is 9.98 Å². The summed E-state index contributed by atoms with van der Waals surface area (Å²) in [7, 11) is 0. The molecular weight excluding hydrogens is 378 g/mol. The van der Waals surface area contributed by atoms with Crippen molar-refractivity contribution in [2.45, 2.75) is 12.5 Å². The highest BCUT2D eigenvalue weighted by molar-refractivity contribution is 7.98. The lowest BCUT2D eigenvalue weighted by atomic mass is 10.2. The minimum atomic E-state index is -1.01. The topological polar surface area (TPSA) is 87.2 Å². The van der Waals surface area contributed by atoms with E-state index in [1.54, 1.807) is 17.8 Å². The number of aliphatic carboxylic acids is 1. The van der Waals surface area contributed by atoms with Gasteiger partial charge in [-0.05, 0) is 42.8 Å². The van der Waals surface area contributed by atoms with Gasteiger partial charge in [0.2, 0.25) is 5.88 Å². The summed E-state index contributed by atoms with van der Waals surface area (Å²) in [6, 6.07) is 6.58. The van der Waals surface area contributed by atoms with Crippen LogP contribution < -0.4 is 10.7 Å². The van der Waals surface area contributed by atoms with Gasteiger partial charge in [0.1, 0.15) is 6.04 Å². The van der Waals surface area contributed by atoms with Gasteiger partial charge in [-0.3, -0.25) is 4.57 Å². The fraction of sp³-hybridized carbons (Fsp3) is 0.250. The predicted molar refractivity (Wildman–Crippen MR) is 101 cm³/mol. The Hall–Kier alpha value is -1.97. The molecule has 1 atom stereocenters. The summed E-state index contributed by atoms with van der Waals surface area (Å²) in [5.74, 6) is -0.0573. The van der Waals surface area contributed by atoms with Gasteiger partial charge in [0.05, 0.1) is 15.6 Å². The van der Waals surface area contributed by atoms with E-state index in [0.717, 1.165) is 22.1 Å². The van der Waals surface area contributed by atoms with E-state index in [0.29, 0.717) is 26.8 Å². The van der Waals surface area contributed by atoms with E-state index in [1.165, 1.54) is 4.57 Å². The summed E-state index contributed by atoms with van der Waals surface area (Å²) in [5, 5.41) is 21.5. The van der Waals surface area contributed by atoms with Crippen molar-refractivity contribution in [3.05, 3.63) is 49.6 Å². The minimum absolute atomic E-state index is 0.155. The maximum absolute atomic E-state index is 11.6. The van der Waals surface area contributed by atoms with Crippen LogP contribution in [0.1, 0.15) is 17.3 Å². The van der Waals surface area contributed by atoms with Crippen LogP contribution in [0.15, 0.2) is 40.1 Å². The van der Waals surface area contributed by atoms with Gasteiger partial charge < -0.3 is 10.2 Å². The van der Waals surface area contributed by atoms with Crippen LogP contribution in [0.2, 0.25) is 0 Å². The number of fused-ring (bicyclic) bond motifs is 1. The van der Waals surface area contributed by atoms with Gasteiger partial charge in [0.25, 0.3) is 0 Å². The van der Waals surface area contributed by atoms with Crippen molar-refractivity contribution in [3.8, 4) is 5.88 Å². The molecule has 0 saturated carbocycles. The van der Waals surface area contributed by atoms with Crippen molar-refractivity contribution < 1.29 is 15.0 Å². The molecule has 6 nitrogen and oxygen atoms in total. The summed E-state index contributed by atoms with van der Waals surface area (Å²) >= 11 is 7.97. The molecule has 0 unspecified atom stereocenters. The molecule has 130 valence electrons. The molecule has 1 aliphatic heterocycles. The van der Waals surface area contributed by atoms with Crippen LogP contribution in [0, 0.1) is 3.95 Å². The number of benzene rings is 1. The molecule has 2 N–H and O–H groups in total. The van der Waals surface area contributed by atoms with Crippen LogP contribution >= 0.6 is 35.3 Å². The Balaban J connectivity index is 2.00. The van der Waals surface area contributed by atoms with Crippen LogP contribution in [0.3, 0.4) is 0 Å². The second kappa shape index (κ2) is 7.51. The number of carboxylic acids is 1. The zero-order valence-electron chi connectivity index (χ0n) is 13.2. The molecule has 2 heterocycles. The maximum Gasteiger partial charge on any atom is 0.326 e. The number of nitrogens with zero attached hydrogens (tertiary/aromatic N) is 3. The Kier molecular flexibility index (Phi) is 5.36. The van der Waals surface area contributed by atoms with Gasteiger partial charge in [-0.2, -0.15) is 11.8 Å². The zero-order valence-corrected chi connectivity index (χ0v) is 15.7. The first-order chi connectivity index (χ1) is 12.0. The van der Waals surface area contributed by atoms with Gasteiger partial charge in [-0.15, -0.1) is 11.3 Å². The van der Waals surface area contributed by atoms with E-state index in [4.69, 9.17) is 12.2 Å². The number of hydrogen-bond acceptors (Lipinski definition) is 7. The average Bonchev–Trinajstić information content (AvgIpc) is 3.10. The molecule has 0 bridgehead atoms. The Labute approximate surface area is 156 Å². The number of thiazole rings is 1. The normalized spacial score (nSPS) is 13.7. The molecule has 0 spiro atoms. The first-order valence-corrected chi connectivity index (χ1v) is 10.0. The number of rotatable bonds is 6. The van der Waals surface area contributed by atoms with Gasteiger partial charge in [0, 0.05) is 6.08 Å². The van der Waals surface area contributed by atoms with Crippen LogP contribution in [-0.2, 0) is 4.79 Å². The molecule has 3 rings (SSSR count). The van der Waals surface area contributed by atoms with Crippen molar-refractivity contribution in [2.75, 3.05) is 12.0 Å². The molecule has 0 radical (unpaired) electrons. The predicted octanol–water partition coefficient (Wildman–Crippen LogP) is 2.61. The number of thioether (sulfide) groups is 1. The molecule has 0 fully saturated rings. The lowest BCUT2D eigenvalue weighted by molar-refractivity contribution is -0.141. The lowest BCUT2D eigenvalue weighted by Crippen LogP contribution is -2.19. The molecule has 2 aromatic rings. The molecule has 0 aliphatic carbocycles. The number of aromatic nitrogens is 1. The quantitative estimate of drug-likeness (QED) is 0.737. The molecule has 1 aromatic carbocycles. The van der Waals surface area contributed by atoms with Gasteiger partial charge in [-0.1, -0.05) is 12.1 Å². The molecule has 0 amide bonds. The molecule has 25 heavy (non-hydrogen) atoms. The van der Waals surface area contributed by atoms with E-state index in [1.807, 2.05) is 30.5 Å². The first kappa shape index (κ1) is 17.8. The fourth-order valence-corrected chi connectivity index (χ4v) is 4.26. The highest BCUT2D eigenvalue weighted by atomic mass is 32.2. The van der Waals surface area contributed by atoms with Crippen molar-refractivity contribution >= 4 is 47.4 Å². The van der Waals surface area contributed by atoms with Crippen LogP contribution in [0.4, 0.5) is 0 Å². The second-order valence-corrected chi connectivity index (χ2v) is 7.94. The van der Waals surface area contributed by atoms with Crippen LogP contribution in [0.5, 0.6) is 5.88 Å².